The summed E-state index contributed by atoms with van der Waals surface area (Å²) in [4.78, 5) is 10.7. The molecule has 0 atom stereocenters. The predicted octanol–water partition coefficient (Wildman–Crippen LogP) is 2.35. The first-order chi connectivity index (χ1) is 9.17. The molecule has 0 saturated heterocycles. The number of anilines is 1. The lowest BCUT2D eigenvalue weighted by Gasteiger charge is -2.15. The third-order valence-corrected chi connectivity index (χ3v) is 2.83. The van der Waals surface area contributed by atoms with E-state index in [1.54, 1.807) is 13.2 Å². The lowest BCUT2D eigenvalue weighted by atomic mass is 10.1. The van der Waals surface area contributed by atoms with Gasteiger partial charge >= 0.3 is 5.97 Å². The van der Waals surface area contributed by atoms with Crippen LogP contribution in [0.25, 0.3) is 10.8 Å². The van der Waals surface area contributed by atoms with Gasteiger partial charge in [-0.3, -0.25) is 4.79 Å². The van der Waals surface area contributed by atoms with E-state index in [1.165, 1.54) is 7.11 Å². The molecule has 0 aromatic heterocycles. The van der Waals surface area contributed by atoms with Gasteiger partial charge in [0.05, 0.1) is 19.9 Å². The average Bonchev–Trinajstić information content (AvgIpc) is 2.43. The molecule has 2 rings (SSSR count). The minimum absolute atomic E-state index is 0.174. The van der Waals surface area contributed by atoms with Crippen molar-refractivity contribution in [3.8, 4) is 11.5 Å². The first kappa shape index (κ1) is 13.0. The van der Waals surface area contributed by atoms with Gasteiger partial charge in [-0.25, -0.2) is 0 Å². The standard InChI is InChI=1S/C14H15NO4/c1-18-11-7-12(19-2)14(15-8-13(16)17)10-6-4-3-5-9(10)11/h3-7,15H,8H2,1-2H3,(H,16,17). The van der Waals surface area contributed by atoms with Crippen LogP contribution in [0.3, 0.4) is 0 Å². The zero-order valence-electron chi connectivity index (χ0n) is 10.8. The fraction of sp³-hybridized carbons (Fsp3) is 0.214. The van der Waals surface area contributed by atoms with Gasteiger partial charge in [0.25, 0.3) is 0 Å². The largest absolute Gasteiger partial charge is 0.496 e. The molecule has 5 heteroatoms. The summed E-state index contributed by atoms with van der Waals surface area (Å²) >= 11 is 0. The number of carboxylic acid groups (broad SMARTS) is 1. The maximum Gasteiger partial charge on any atom is 0.322 e. The summed E-state index contributed by atoms with van der Waals surface area (Å²) in [5.41, 5.74) is 0.654. The van der Waals surface area contributed by atoms with E-state index in [0.29, 0.717) is 17.2 Å². The van der Waals surface area contributed by atoms with Crippen molar-refractivity contribution >= 4 is 22.4 Å². The van der Waals surface area contributed by atoms with Crippen molar-refractivity contribution in [3.05, 3.63) is 30.3 Å². The van der Waals surface area contributed by atoms with Crippen LogP contribution in [-0.4, -0.2) is 31.8 Å². The van der Waals surface area contributed by atoms with Crippen molar-refractivity contribution in [2.75, 3.05) is 26.1 Å². The molecule has 0 spiro atoms. The number of rotatable bonds is 5. The number of ether oxygens (including phenoxy) is 2. The molecule has 2 N–H and O–H groups in total. The van der Waals surface area contributed by atoms with Crippen molar-refractivity contribution < 1.29 is 19.4 Å². The third kappa shape index (κ3) is 2.54. The van der Waals surface area contributed by atoms with Crippen LogP contribution in [0.1, 0.15) is 0 Å². The molecule has 100 valence electrons. The van der Waals surface area contributed by atoms with Crippen LogP contribution in [-0.2, 0) is 4.79 Å². The summed E-state index contributed by atoms with van der Waals surface area (Å²) in [6, 6.07) is 9.34. The summed E-state index contributed by atoms with van der Waals surface area (Å²) < 4.78 is 10.6. The number of carboxylic acids is 1. The number of fused-ring (bicyclic) bond motifs is 1. The second-order valence-corrected chi connectivity index (χ2v) is 3.95. The monoisotopic (exact) mass is 261 g/mol. The fourth-order valence-corrected chi connectivity index (χ4v) is 1.99. The highest BCUT2D eigenvalue weighted by molar-refractivity contribution is 6.01. The van der Waals surface area contributed by atoms with E-state index in [0.717, 1.165) is 10.8 Å². The Morgan fingerprint density at radius 2 is 1.79 bits per heavy atom. The van der Waals surface area contributed by atoms with Crippen molar-refractivity contribution in [2.24, 2.45) is 0 Å². The number of hydrogen-bond acceptors (Lipinski definition) is 4. The van der Waals surface area contributed by atoms with Gasteiger partial charge in [-0.15, -0.1) is 0 Å². The van der Waals surface area contributed by atoms with Gasteiger partial charge in [-0.05, 0) is 0 Å². The molecule has 19 heavy (non-hydrogen) atoms. The van der Waals surface area contributed by atoms with Crippen molar-refractivity contribution in [1.29, 1.82) is 0 Å². The minimum atomic E-state index is -0.929. The van der Waals surface area contributed by atoms with Gasteiger partial charge in [0, 0.05) is 16.8 Å². The number of methoxy groups -OCH3 is 2. The van der Waals surface area contributed by atoms with Gasteiger partial charge in [0.1, 0.15) is 18.0 Å². The molecule has 5 nitrogen and oxygen atoms in total. The summed E-state index contributed by atoms with van der Waals surface area (Å²) in [6.07, 6.45) is 0. The van der Waals surface area contributed by atoms with E-state index < -0.39 is 5.97 Å². The molecule has 0 bridgehead atoms. The minimum Gasteiger partial charge on any atom is -0.496 e. The molecule has 2 aromatic carbocycles. The molecule has 2 aromatic rings. The Labute approximate surface area is 110 Å². The van der Waals surface area contributed by atoms with Crippen LogP contribution in [0, 0.1) is 0 Å². The van der Waals surface area contributed by atoms with Crippen molar-refractivity contribution in [3.63, 3.8) is 0 Å². The Morgan fingerprint density at radius 3 is 2.37 bits per heavy atom. The zero-order valence-corrected chi connectivity index (χ0v) is 10.8. The second kappa shape index (κ2) is 5.48. The van der Waals surface area contributed by atoms with E-state index in [9.17, 15) is 4.79 Å². The average molecular weight is 261 g/mol. The Kier molecular flexibility index (Phi) is 3.75. The van der Waals surface area contributed by atoms with E-state index >= 15 is 0 Å². The molecule has 0 aliphatic heterocycles. The highest BCUT2D eigenvalue weighted by Crippen LogP contribution is 2.39. The lowest BCUT2D eigenvalue weighted by Crippen LogP contribution is -2.13. The molecular formula is C14H15NO4. The van der Waals surface area contributed by atoms with Gasteiger partial charge in [0.2, 0.25) is 0 Å². The van der Waals surface area contributed by atoms with Crippen LogP contribution in [0.2, 0.25) is 0 Å². The molecular weight excluding hydrogens is 246 g/mol. The highest BCUT2D eigenvalue weighted by atomic mass is 16.5. The van der Waals surface area contributed by atoms with Crippen LogP contribution >= 0.6 is 0 Å². The molecule has 0 aliphatic rings. The Bertz CT molecular complexity index is 610. The zero-order chi connectivity index (χ0) is 13.8. The second-order valence-electron chi connectivity index (χ2n) is 3.95. The van der Waals surface area contributed by atoms with Crippen LogP contribution in [0.15, 0.2) is 30.3 Å². The van der Waals surface area contributed by atoms with Crippen molar-refractivity contribution in [1.82, 2.24) is 0 Å². The molecule has 0 unspecified atom stereocenters. The molecule has 0 fully saturated rings. The SMILES string of the molecule is COc1cc(OC)c2ccccc2c1NCC(=O)O. The molecule has 0 radical (unpaired) electrons. The number of nitrogens with one attached hydrogen (secondary N) is 1. The first-order valence-electron chi connectivity index (χ1n) is 5.76. The summed E-state index contributed by atoms with van der Waals surface area (Å²) in [5, 5.41) is 13.4. The van der Waals surface area contributed by atoms with Gasteiger partial charge < -0.3 is 19.9 Å². The highest BCUT2D eigenvalue weighted by Gasteiger charge is 2.13. The van der Waals surface area contributed by atoms with Crippen LogP contribution < -0.4 is 14.8 Å². The number of carbonyl (C=O) groups is 1. The van der Waals surface area contributed by atoms with Crippen molar-refractivity contribution in [2.45, 2.75) is 0 Å². The first-order valence-corrected chi connectivity index (χ1v) is 5.76. The molecule has 0 amide bonds. The molecule has 0 aliphatic carbocycles. The normalized spacial score (nSPS) is 10.2. The quantitative estimate of drug-likeness (QED) is 0.864. The maximum absolute atomic E-state index is 10.7. The number of aliphatic carboxylic acids is 1. The van der Waals surface area contributed by atoms with Crippen LogP contribution in [0.5, 0.6) is 11.5 Å². The van der Waals surface area contributed by atoms with Crippen LogP contribution in [0.4, 0.5) is 5.69 Å². The van der Waals surface area contributed by atoms with Gasteiger partial charge in [0.15, 0.2) is 0 Å². The maximum atomic E-state index is 10.7. The Hall–Kier alpha value is -2.43. The smallest absolute Gasteiger partial charge is 0.322 e. The summed E-state index contributed by atoms with van der Waals surface area (Å²) in [7, 11) is 3.13. The molecule has 0 saturated carbocycles. The van der Waals surface area contributed by atoms with Gasteiger partial charge in [-0.1, -0.05) is 24.3 Å². The number of benzene rings is 2. The summed E-state index contributed by atoms with van der Waals surface area (Å²) in [5.74, 6) is 0.312. The Morgan fingerprint density at radius 1 is 1.16 bits per heavy atom. The van der Waals surface area contributed by atoms with E-state index in [-0.39, 0.29) is 6.54 Å². The van der Waals surface area contributed by atoms with E-state index in [4.69, 9.17) is 14.6 Å². The summed E-state index contributed by atoms with van der Waals surface area (Å²) in [6.45, 7) is -0.174. The van der Waals surface area contributed by atoms with E-state index in [1.807, 2.05) is 24.3 Å². The topological polar surface area (TPSA) is 67.8 Å². The van der Waals surface area contributed by atoms with E-state index in [2.05, 4.69) is 5.32 Å². The molecule has 0 heterocycles. The Balaban J connectivity index is 2.61. The number of hydrogen-bond donors (Lipinski definition) is 2. The fourth-order valence-electron chi connectivity index (χ4n) is 1.99. The third-order valence-electron chi connectivity index (χ3n) is 2.83. The van der Waals surface area contributed by atoms with Gasteiger partial charge in [-0.2, -0.15) is 0 Å². The lowest BCUT2D eigenvalue weighted by molar-refractivity contribution is -0.134. The predicted molar refractivity (Wildman–Crippen MR) is 73.2 cm³/mol.